The third kappa shape index (κ3) is 5.50. The molecule has 2 nitrogen and oxygen atoms in total. The molecule has 0 heterocycles. The Bertz CT molecular complexity index is 313. The average Bonchev–Trinajstić information content (AvgIpc) is 2.23. The summed E-state index contributed by atoms with van der Waals surface area (Å²) < 4.78 is 0. The second-order valence-electron chi connectivity index (χ2n) is 4.47. The lowest BCUT2D eigenvalue weighted by Crippen LogP contribution is -2.38. The van der Waals surface area contributed by atoms with Crippen LogP contribution in [-0.4, -0.2) is 18.6 Å². The van der Waals surface area contributed by atoms with Crippen molar-refractivity contribution in [3.63, 3.8) is 0 Å². The summed E-state index contributed by atoms with van der Waals surface area (Å²) in [6.45, 7) is 8.34. The smallest absolute Gasteiger partial charge is 0.0409 e. The van der Waals surface area contributed by atoms with Crippen molar-refractivity contribution in [1.82, 2.24) is 10.6 Å². The number of rotatable bonds is 6. The van der Waals surface area contributed by atoms with Gasteiger partial charge in [0.2, 0.25) is 0 Å². The Balaban J connectivity index is 2.28. The molecule has 3 heteroatoms. The normalized spacial score (nSPS) is 13.1. The Morgan fingerprint density at radius 2 is 1.94 bits per heavy atom. The summed E-state index contributed by atoms with van der Waals surface area (Å²) in [6.07, 6.45) is 0. The predicted octanol–water partition coefficient (Wildman–Crippen LogP) is 2.82. The number of hydrogen-bond donors (Lipinski definition) is 2. The SMILES string of the molecule is CC(C)NCC(C)NCc1cccc(Cl)c1. The van der Waals surface area contributed by atoms with E-state index in [-0.39, 0.29) is 0 Å². The van der Waals surface area contributed by atoms with Gasteiger partial charge < -0.3 is 10.6 Å². The molecule has 0 spiro atoms. The van der Waals surface area contributed by atoms with Gasteiger partial charge in [0.1, 0.15) is 0 Å². The average molecular weight is 241 g/mol. The molecule has 0 aliphatic rings. The summed E-state index contributed by atoms with van der Waals surface area (Å²) in [7, 11) is 0. The van der Waals surface area contributed by atoms with Crippen LogP contribution in [-0.2, 0) is 6.54 Å². The molecule has 0 saturated carbocycles. The molecule has 0 amide bonds. The van der Waals surface area contributed by atoms with Gasteiger partial charge in [-0.25, -0.2) is 0 Å². The number of benzene rings is 1. The van der Waals surface area contributed by atoms with E-state index in [4.69, 9.17) is 11.6 Å². The van der Waals surface area contributed by atoms with Crippen LogP contribution < -0.4 is 10.6 Å². The van der Waals surface area contributed by atoms with E-state index < -0.39 is 0 Å². The number of nitrogens with one attached hydrogen (secondary N) is 2. The zero-order chi connectivity index (χ0) is 12.0. The molecule has 0 aliphatic carbocycles. The molecule has 1 unspecified atom stereocenters. The highest BCUT2D eigenvalue weighted by molar-refractivity contribution is 6.30. The van der Waals surface area contributed by atoms with Gasteiger partial charge in [-0.05, 0) is 24.6 Å². The molecule has 0 aromatic heterocycles. The van der Waals surface area contributed by atoms with E-state index in [9.17, 15) is 0 Å². The third-order valence-corrected chi connectivity index (χ3v) is 2.61. The van der Waals surface area contributed by atoms with E-state index in [1.54, 1.807) is 0 Å². The highest BCUT2D eigenvalue weighted by Crippen LogP contribution is 2.10. The second-order valence-corrected chi connectivity index (χ2v) is 4.91. The van der Waals surface area contributed by atoms with Gasteiger partial charge in [0, 0.05) is 30.2 Å². The molecular weight excluding hydrogens is 220 g/mol. The molecule has 0 bridgehead atoms. The first-order valence-corrected chi connectivity index (χ1v) is 6.17. The lowest BCUT2D eigenvalue weighted by atomic mass is 10.2. The summed E-state index contributed by atoms with van der Waals surface area (Å²) in [4.78, 5) is 0. The Labute approximate surface area is 103 Å². The number of halogens is 1. The van der Waals surface area contributed by atoms with Crippen molar-refractivity contribution in [2.24, 2.45) is 0 Å². The Kier molecular flexibility index (Phi) is 5.81. The molecule has 0 saturated heterocycles. The van der Waals surface area contributed by atoms with Crippen LogP contribution in [0.5, 0.6) is 0 Å². The fraction of sp³-hybridized carbons (Fsp3) is 0.538. The van der Waals surface area contributed by atoms with E-state index in [0.29, 0.717) is 12.1 Å². The van der Waals surface area contributed by atoms with E-state index in [0.717, 1.165) is 18.1 Å². The number of hydrogen-bond acceptors (Lipinski definition) is 2. The minimum absolute atomic E-state index is 0.460. The first-order valence-electron chi connectivity index (χ1n) is 5.79. The summed E-state index contributed by atoms with van der Waals surface area (Å²) in [5.41, 5.74) is 1.23. The molecule has 1 rings (SSSR count). The molecule has 1 atom stereocenters. The molecule has 16 heavy (non-hydrogen) atoms. The molecule has 2 N–H and O–H groups in total. The Hall–Kier alpha value is -0.570. The van der Waals surface area contributed by atoms with Gasteiger partial charge in [0.25, 0.3) is 0 Å². The van der Waals surface area contributed by atoms with Gasteiger partial charge >= 0.3 is 0 Å². The summed E-state index contributed by atoms with van der Waals surface area (Å²) >= 11 is 5.92. The second kappa shape index (κ2) is 6.89. The maximum absolute atomic E-state index is 5.92. The zero-order valence-electron chi connectivity index (χ0n) is 10.3. The van der Waals surface area contributed by atoms with Crippen LogP contribution in [0.25, 0.3) is 0 Å². The van der Waals surface area contributed by atoms with Crippen molar-refractivity contribution >= 4 is 11.6 Å². The van der Waals surface area contributed by atoms with Crippen LogP contribution in [0.15, 0.2) is 24.3 Å². The van der Waals surface area contributed by atoms with Crippen molar-refractivity contribution in [3.05, 3.63) is 34.9 Å². The van der Waals surface area contributed by atoms with Gasteiger partial charge in [0.15, 0.2) is 0 Å². The fourth-order valence-corrected chi connectivity index (χ4v) is 1.64. The van der Waals surface area contributed by atoms with Crippen LogP contribution in [0.1, 0.15) is 26.3 Å². The van der Waals surface area contributed by atoms with E-state index in [1.165, 1.54) is 5.56 Å². The van der Waals surface area contributed by atoms with Crippen molar-refractivity contribution in [1.29, 1.82) is 0 Å². The third-order valence-electron chi connectivity index (χ3n) is 2.38. The van der Waals surface area contributed by atoms with Gasteiger partial charge in [0.05, 0.1) is 0 Å². The fourth-order valence-electron chi connectivity index (χ4n) is 1.42. The Morgan fingerprint density at radius 1 is 1.19 bits per heavy atom. The predicted molar refractivity (Wildman–Crippen MR) is 70.9 cm³/mol. The van der Waals surface area contributed by atoms with Gasteiger partial charge in [-0.3, -0.25) is 0 Å². The lowest BCUT2D eigenvalue weighted by molar-refractivity contribution is 0.474. The lowest BCUT2D eigenvalue weighted by Gasteiger charge is -2.16. The topological polar surface area (TPSA) is 24.1 Å². The van der Waals surface area contributed by atoms with E-state index in [1.807, 2.05) is 18.2 Å². The molecule has 90 valence electrons. The van der Waals surface area contributed by atoms with Crippen LogP contribution in [0, 0.1) is 0 Å². The molecular formula is C13H21ClN2. The minimum Gasteiger partial charge on any atom is -0.313 e. The largest absolute Gasteiger partial charge is 0.313 e. The zero-order valence-corrected chi connectivity index (χ0v) is 11.0. The Morgan fingerprint density at radius 3 is 2.56 bits per heavy atom. The molecule has 1 aromatic carbocycles. The molecule has 1 aromatic rings. The molecule has 0 fully saturated rings. The monoisotopic (exact) mass is 240 g/mol. The summed E-state index contributed by atoms with van der Waals surface area (Å²) in [5.74, 6) is 0. The van der Waals surface area contributed by atoms with Crippen molar-refractivity contribution in [2.45, 2.75) is 39.4 Å². The first-order chi connectivity index (χ1) is 7.58. The maximum atomic E-state index is 5.92. The summed E-state index contributed by atoms with van der Waals surface area (Å²) in [5, 5.41) is 7.66. The summed E-state index contributed by atoms with van der Waals surface area (Å²) in [6, 6.07) is 8.96. The van der Waals surface area contributed by atoms with Crippen molar-refractivity contribution < 1.29 is 0 Å². The van der Waals surface area contributed by atoms with E-state index >= 15 is 0 Å². The van der Waals surface area contributed by atoms with Crippen molar-refractivity contribution in [3.8, 4) is 0 Å². The first kappa shape index (κ1) is 13.5. The van der Waals surface area contributed by atoms with E-state index in [2.05, 4.69) is 37.5 Å². The van der Waals surface area contributed by atoms with Gasteiger partial charge in [-0.2, -0.15) is 0 Å². The van der Waals surface area contributed by atoms with Gasteiger partial charge in [-0.15, -0.1) is 0 Å². The van der Waals surface area contributed by atoms with Crippen LogP contribution in [0.2, 0.25) is 5.02 Å². The molecule has 0 aliphatic heterocycles. The quantitative estimate of drug-likeness (QED) is 0.799. The van der Waals surface area contributed by atoms with Crippen molar-refractivity contribution in [2.75, 3.05) is 6.54 Å². The van der Waals surface area contributed by atoms with Crippen LogP contribution in [0.4, 0.5) is 0 Å². The van der Waals surface area contributed by atoms with Crippen LogP contribution >= 0.6 is 11.6 Å². The maximum Gasteiger partial charge on any atom is 0.0409 e. The van der Waals surface area contributed by atoms with Crippen LogP contribution in [0.3, 0.4) is 0 Å². The van der Waals surface area contributed by atoms with Gasteiger partial charge in [-0.1, -0.05) is 37.6 Å². The highest BCUT2D eigenvalue weighted by Gasteiger charge is 2.02. The minimum atomic E-state index is 0.460. The molecule has 0 radical (unpaired) electrons. The highest BCUT2D eigenvalue weighted by atomic mass is 35.5. The standard InChI is InChI=1S/C13H21ClN2/c1-10(2)15-8-11(3)16-9-12-5-4-6-13(14)7-12/h4-7,10-11,15-16H,8-9H2,1-3H3.